The largest absolute Gasteiger partial charge is 0.386 e. The zero-order valence-electron chi connectivity index (χ0n) is 10.9. The molecule has 3 aromatic rings. The average Bonchev–Trinajstić information content (AvgIpc) is 2.96. The van der Waals surface area contributed by atoms with E-state index >= 15 is 0 Å². The molecular formula is C14H15N3OS. The summed E-state index contributed by atoms with van der Waals surface area (Å²) in [7, 11) is 1.92. The van der Waals surface area contributed by atoms with Crippen LogP contribution in [-0.2, 0) is 13.5 Å². The number of aliphatic hydroxyl groups excluding tert-OH is 1. The number of hydrogen-bond acceptors (Lipinski definition) is 4. The smallest absolute Gasteiger partial charge is 0.122 e. The minimum absolute atomic E-state index is 0.494. The Morgan fingerprint density at radius 2 is 2.16 bits per heavy atom. The van der Waals surface area contributed by atoms with Crippen LogP contribution in [0.2, 0.25) is 0 Å². The van der Waals surface area contributed by atoms with Gasteiger partial charge in [-0.15, -0.1) is 11.3 Å². The molecule has 1 N–H and O–H groups in total. The fraction of sp³-hybridized carbons (Fsp3) is 0.286. The molecule has 19 heavy (non-hydrogen) atoms. The third-order valence-electron chi connectivity index (χ3n) is 3.14. The molecule has 0 fully saturated rings. The Bertz CT molecular complexity index is 716. The predicted octanol–water partition coefficient (Wildman–Crippen LogP) is 2.61. The Labute approximate surface area is 115 Å². The van der Waals surface area contributed by atoms with E-state index < -0.39 is 6.10 Å². The van der Waals surface area contributed by atoms with Gasteiger partial charge < -0.3 is 5.11 Å². The zero-order valence-corrected chi connectivity index (χ0v) is 11.7. The minimum atomic E-state index is -0.586. The maximum absolute atomic E-state index is 10.3. The van der Waals surface area contributed by atoms with Gasteiger partial charge in [0.15, 0.2) is 0 Å². The van der Waals surface area contributed by atoms with E-state index in [1.54, 1.807) is 0 Å². The topological polar surface area (TPSA) is 50.9 Å². The van der Waals surface area contributed by atoms with E-state index in [9.17, 15) is 5.11 Å². The maximum Gasteiger partial charge on any atom is 0.122 e. The monoisotopic (exact) mass is 273 g/mol. The summed E-state index contributed by atoms with van der Waals surface area (Å²) < 4.78 is 1.85. The van der Waals surface area contributed by atoms with E-state index in [1.165, 1.54) is 11.3 Å². The Morgan fingerprint density at radius 1 is 1.37 bits per heavy atom. The summed E-state index contributed by atoms with van der Waals surface area (Å²) in [5.74, 6) is 0. The number of aromatic nitrogens is 3. The highest BCUT2D eigenvalue weighted by atomic mass is 32.1. The van der Waals surface area contributed by atoms with Gasteiger partial charge in [-0.25, -0.2) is 4.98 Å². The first-order valence-electron chi connectivity index (χ1n) is 6.16. The van der Waals surface area contributed by atoms with Gasteiger partial charge in [0.25, 0.3) is 0 Å². The van der Waals surface area contributed by atoms with Crippen LogP contribution in [0.1, 0.15) is 22.5 Å². The van der Waals surface area contributed by atoms with Crippen molar-refractivity contribution in [2.24, 2.45) is 7.05 Å². The van der Waals surface area contributed by atoms with Gasteiger partial charge in [-0.2, -0.15) is 5.10 Å². The van der Waals surface area contributed by atoms with Crippen molar-refractivity contribution in [3.05, 3.63) is 46.0 Å². The van der Waals surface area contributed by atoms with Crippen molar-refractivity contribution in [2.75, 3.05) is 0 Å². The summed E-state index contributed by atoms with van der Waals surface area (Å²) in [5, 5.41) is 18.6. The third kappa shape index (κ3) is 2.27. The minimum Gasteiger partial charge on any atom is -0.386 e. The number of hydrogen-bond donors (Lipinski definition) is 1. The molecule has 0 amide bonds. The number of aliphatic hydroxyl groups is 1. The summed E-state index contributed by atoms with van der Waals surface area (Å²) in [6.45, 7) is 1.93. The molecule has 0 radical (unpaired) electrons. The first-order chi connectivity index (χ1) is 9.15. The summed E-state index contributed by atoms with van der Waals surface area (Å²) in [6.07, 6.45) is -0.0918. The normalized spacial score (nSPS) is 13.0. The average molecular weight is 273 g/mol. The summed E-state index contributed by atoms with van der Waals surface area (Å²) >= 11 is 1.49. The Kier molecular flexibility index (Phi) is 3.08. The van der Waals surface area contributed by atoms with E-state index in [0.29, 0.717) is 6.42 Å². The molecule has 2 aromatic heterocycles. The van der Waals surface area contributed by atoms with E-state index in [1.807, 2.05) is 48.3 Å². The van der Waals surface area contributed by atoms with Crippen molar-refractivity contribution < 1.29 is 5.11 Å². The van der Waals surface area contributed by atoms with Crippen molar-refractivity contribution in [2.45, 2.75) is 19.4 Å². The van der Waals surface area contributed by atoms with Gasteiger partial charge >= 0.3 is 0 Å². The molecule has 0 aliphatic carbocycles. The lowest BCUT2D eigenvalue weighted by atomic mass is 10.1. The van der Waals surface area contributed by atoms with Crippen LogP contribution in [0, 0.1) is 6.92 Å². The molecule has 0 aliphatic rings. The van der Waals surface area contributed by atoms with Crippen LogP contribution in [-0.4, -0.2) is 19.9 Å². The first kappa shape index (κ1) is 12.3. The number of para-hydroxylation sites is 1. The van der Waals surface area contributed by atoms with Gasteiger partial charge in [0.05, 0.1) is 11.2 Å². The highest BCUT2D eigenvalue weighted by Gasteiger charge is 2.16. The van der Waals surface area contributed by atoms with Crippen LogP contribution >= 0.6 is 11.3 Å². The van der Waals surface area contributed by atoms with Crippen molar-refractivity contribution in [3.63, 3.8) is 0 Å². The molecule has 4 nitrogen and oxygen atoms in total. The van der Waals surface area contributed by atoms with Gasteiger partial charge in [0, 0.05) is 29.9 Å². The van der Waals surface area contributed by atoms with Gasteiger partial charge in [0.2, 0.25) is 0 Å². The SMILES string of the molecule is Cc1csc(C(O)Cc2nn(C)c3ccccc23)n1. The molecule has 2 heterocycles. The Balaban J connectivity index is 1.93. The lowest BCUT2D eigenvalue weighted by Gasteiger charge is -2.05. The number of rotatable bonds is 3. The first-order valence-corrected chi connectivity index (χ1v) is 7.04. The number of fused-ring (bicyclic) bond motifs is 1. The molecule has 0 saturated heterocycles. The Morgan fingerprint density at radius 3 is 2.89 bits per heavy atom. The molecular weight excluding hydrogens is 258 g/mol. The molecule has 3 rings (SSSR count). The molecule has 1 aromatic carbocycles. The van der Waals surface area contributed by atoms with Crippen molar-refractivity contribution in [1.29, 1.82) is 0 Å². The van der Waals surface area contributed by atoms with Crippen LogP contribution in [0.25, 0.3) is 10.9 Å². The molecule has 0 bridgehead atoms. The lowest BCUT2D eigenvalue weighted by molar-refractivity contribution is 0.177. The second-order valence-electron chi connectivity index (χ2n) is 4.63. The lowest BCUT2D eigenvalue weighted by Crippen LogP contribution is -2.03. The third-order valence-corrected chi connectivity index (χ3v) is 4.21. The van der Waals surface area contributed by atoms with Gasteiger partial charge in [-0.3, -0.25) is 4.68 Å². The number of benzene rings is 1. The second kappa shape index (κ2) is 4.75. The summed E-state index contributed by atoms with van der Waals surface area (Å²) in [6, 6.07) is 8.06. The summed E-state index contributed by atoms with van der Waals surface area (Å²) in [4.78, 5) is 4.33. The molecule has 98 valence electrons. The van der Waals surface area contributed by atoms with Gasteiger partial charge in [-0.1, -0.05) is 18.2 Å². The van der Waals surface area contributed by atoms with Gasteiger partial charge in [-0.05, 0) is 13.0 Å². The van der Waals surface area contributed by atoms with E-state index in [0.717, 1.165) is 27.3 Å². The molecule has 0 aliphatic heterocycles. The Hall–Kier alpha value is -1.72. The van der Waals surface area contributed by atoms with Gasteiger partial charge in [0.1, 0.15) is 11.1 Å². The van der Waals surface area contributed by atoms with Crippen LogP contribution < -0.4 is 0 Å². The second-order valence-corrected chi connectivity index (χ2v) is 5.52. The number of aryl methyl sites for hydroxylation is 2. The van der Waals surface area contributed by atoms with Crippen LogP contribution in [0.4, 0.5) is 0 Å². The quantitative estimate of drug-likeness (QED) is 0.798. The number of nitrogens with zero attached hydrogens (tertiary/aromatic N) is 3. The van der Waals surface area contributed by atoms with Crippen molar-refractivity contribution in [1.82, 2.24) is 14.8 Å². The highest BCUT2D eigenvalue weighted by Crippen LogP contribution is 2.25. The molecule has 5 heteroatoms. The fourth-order valence-electron chi connectivity index (χ4n) is 2.24. The van der Waals surface area contributed by atoms with Crippen LogP contribution in [0.5, 0.6) is 0 Å². The maximum atomic E-state index is 10.3. The zero-order chi connectivity index (χ0) is 13.4. The highest BCUT2D eigenvalue weighted by molar-refractivity contribution is 7.09. The van der Waals surface area contributed by atoms with Crippen molar-refractivity contribution >= 4 is 22.2 Å². The standard InChI is InChI=1S/C14H15N3OS/c1-9-8-19-14(15-9)13(18)7-11-10-5-3-4-6-12(10)17(2)16-11/h3-6,8,13,18H,7H2,1-2H3. The molecule has 0 saturated carbocycles. The number of thiazole rings is 1. The molecule has 0 spiro atoms. The van der Waals surface area contributed by atoms with E-state index in [-0.39, 0.29) is 0 Å². The van der Waals surface area contributed by atoms with E-state index in [4.69, 9.17) is 0 Å². The predicted molar refractivity (Wildman–Crippen MR) is 76.2 cm³/mol. The van der Waals surface area contributed by atoms with Crippen molar-refractivity contribution in [3.8, 4) is 0 Å². The van der Waals surface area contributed by atoms with Crippen LogP contribution in [0.3, 0.4) is 0 Å². The molecule has 1 unspecified atom stereocenters. The van der Waals surface area contributed by atoms with E-state index in [2.05, 4.69) is 10.1 Å². The fourth-order valence-corrected chi connectivity index (χ4v) is 3.02. The summed E-state index contributed by atoms with van der Waals surface area (Å²) in [5.41, 5.74) is 2.95. The molecule has 1 atom stereocenters. The van der Waals surface area contributed by atoms with Crippen LogP contribution in [0.15, 0.2) is 29.6 Å².